The molecular formula is C25H21F5N6O. The number of nitrogens with zero attached hydrogens (tertiary/aromatic N) is 5. The van der Waals surface area contributed by atoms with Gasteiger partial charge < -0.3 is 0 Å². The summed E-state index contributed by atoms with van der Waals surface area (Å²) in [6.07, 6.45) is -0.747. The Hall–Kier alpha value is -3.93. The van der Waals surface area contributed by atoms with Gasteiger partial charge in [0.1, 0.15) is 5.82 Å². The summed E-state index contributed by atoms with van der Waals surface area (Å²) in [4.78, 5) is 24.0. The third kappa shape index (κ3) is 5.15. The smallest absolute Gasteiger partial charge is 0.294 e. The van der Waals surface area contributed by atoms with Crippen LogP contribution in [0.1, 0.15) is 28.0 Å². The summed E-state index contributed by atoms with van der Waals surface area (Å²) in [5, 5.41) is 7.41. The molecule has 3 aromatic heterocycles. The molecule has 0 atom stereocenters. The summed E-state index contributed by atoms with van der Waals surface area (Å²) < 4.78 is 65.6. The fourth-order valence-corrected chi connectivity index (χ4v) is 4.30. The lowest BCUT2D eigenvalue weighted by molar-refractivity contribution is -0.137. The molecule has 0 saturated carbocycles. The summed E-state index contributed by atoms with van der Waals surface area (Å²) in [5.41, 5.74) is 2.00. The molecule has 1 amide bonds. The topological polar surface area (TPSA) is 78.0 Å². The molecule has 7 nitrogen and oxygen atoms in total. The van der Waals surface area contributed by atoms with E-state index in [2.05, 4.69) is 20.2 Å². The molecule has 0 aliphatic carbocycles. The Kier molecular flexibility index (Phi) is 6.14. The number of alkyl halides is 5. The average Bonchev–Trinajstić information content (AvgIpc) is 3.44. The molecule has 0 bridgehead atoms. The number of likely N-dealkylation sites (tertiary alicyclic amines) is 1. The molecule has 4 heterocycles. The van der Waals surface area contributed by atoms with Crippen LogP contribution in [-0.2, 0) is 12.7 Å². The zero-order valence-corrected chi connectivity index (χ0v) is 19.6. The van der Waals surface area contributed by atoms with Gasteiger partial charge in [-0.05, 0) is 41.5 Å². The Labute approximate surface area is 207 Å². The van der Waals surface area contributed by atoms with E-state index in [1.54, 1.807) is 29.4 Å². The van der Waals surface area contributed by atoms with Crippen molar-refractivity contribution in [3.05, 3.63) is 71.8 Å². The first-order valence-corrected chi connectivity index (χ1v) is 11.3. The number of benzene rings is 1. The van der Waals surface area contributed by atoms with Gasteiger partial charge in [0.15, 0.2) is 5.69 Å². The van der Waals surface area contributed by atoms with Gasteiger partial charge in [-0.25, -0.2) is 13.8 Å². The summed E-state index contributed by atoms with van der Waals surface area (Å²) in [6.45, 7) is 0.370. The number of aromatic nitrogens is 4. The van der Waals surface area contributed by atoms with Crippen LogP contribution in [0.4, 0.5) is 27.8 Å². The van der Waals surface area contributed by atoms with Crippen molar-refractivity contribution in [2.24, 2.45) is 0 Å². The maximum atomic E-state index is 13.5. The fraction of sp³-hybridized carbons (Fsp3) is 0.280. The van der Waals surface area contributed by atoms with Gasteiger partial charge in [-0.15, -0.1) is 0 Å². The predicted octanol–water partition coefficient (Wildman–Crippen LogP) is 5.16. The number of nitrogens with one attached hydrogen (secondary N) is 1. The highest BCUT2D eigenvalue weighted by molar-refractivity contribution is 6.12. The maximum Gasteiger partial charge on any atom is 0.417 e. The monoisotopic (exact) mass is 516 g/mol. The SMILES string of the molecule is CN(C(=O)c1n[nH]c2ccc(-c3cncc(CN4CCC(F)(F)C4)c3)cc12)c1ccc(C(F)(F)F)cn1. The minimum atomic E-state index is -4.53. The summed E-state index contributed by atoms with van der Waals surface area (Å²) >= 11 is 0. The first-order chi connectivity index (χ1) is 17.5. The first-order valence-electron chi connectivity index (χ1n) is 11.3. The Morgan fingerprint density at radius 3 is 2.59 bits per heavy atom. The Morgan fingerprint density at radius 1 is 1.11 bits per heavy atom. The molecule has 192 valence electrons. The summed E-state index contributed by atoms with van der Waals surface area (Å²) in [7, 11) is 1.40. The van der Waals surface area contributed by atoms with Gasteiger partial charge in [-0.2, -0.15) is 18.3 Å². The van der Waals surface area contributed by atoms with Gasteiger partial charge in [0.2, 0.25) is 0 Å². The summed E-state index contributed by atoms with van der Waals surface area (Å²) in [6, 6.07) is 9.17. The number of aromatic amines is 1. The van der Waals surface area contributed by atoms with Crippen LogP contribution in [0.5, 0.6) is 0 Å². The van der Waals surface area contributed by atoms with E-state index in [9.17, 15) is 26.7 Å². The molecule has 12 heteroatoms. The molecule has 4 aromatic rings. The molecule has 1 N–H and O–H groups in total. The van der Waals surface area contributed by atoms with Crippen molar-refractivity contribution >= 4 is 22.6 Å². The second-order valence-electron chi connectivity index (χ2n) is 9.00. The van der Waals surface area contributed by atoms with Gasteiger partial charge >= 0.3 is 6.18 Å². The number of carbonyl (C=O) groups is 1. The van der Waals surface area contributed by atoms with Gasteiger partial charge in [-0.3, -0.25) is 24.7 Å². The zero-order valence-electron chi connectivity index (χ0n) is 19.6. The predicted molar refractivity (Wildman–Crippen MR) is 126 cm³/mol. The maximum absolute atomic E-state index is 13.5. The van der Waals surface area contributed by atoms with Crippen molar-refractivity contribution in [1.29, 1.82) is 0 Å². The number of hydrogen-bond donors (Lipinski definition) is 1. The lowest BCUT2D eigenvalue weighted by atomic mass is 10.0. The fourth-order valence-electron chi connectivity index (χ4n) is 4.30. The molecule has 5 rings (SSSR count). The van der Waals surface area contributed by atoms with Gasteiger partial charge in [0, 0.05) is 56.1 Å². The molecule has 0 unspecified atom stereocenters. The third-order valence-corrected chi connectivity index (χ3v) is 6.27. The largest absolute Gasteiger partial charge is 0.417 e. The molecule has 0 radical (unpaired) electrons. The first kappa shape index (κ1) is 24.8. The quantitative estimate of drug-likeness (QED) is 0.371. The number of carbonyl (C=O) groups excluding carboxylic acids is 1. The van der Waals surface area contributed by atoms with E-state index in [4.69, 9.17) is 0 Å². The molecule has 37 heavy (non-hydrogen) atoms. The van der Waals surface area contributed by atoms with E-state index < -0.39 is 23.6 Å². The van der Waals surface area contributed by atoms with Crippen molar-refractivity contribution < 1.29 is 26.7 Å². The van der Waals surface area contributed by atoms with Crippen LogP contribution in [0.3, 0.4) is 0 Å². The number of rotatable bonds is 5. The number of hydrogen-bond acceptors (Lipinski definition) is 5. The second-order valence-corrected chi connectivity index (χ2v) is 9.00. The van der Waals surface area contributed by atoms with Crippen LogP contribution in [0.25, 0.3) is 22.0 Å². The number of anilines is 1. The number of amides is 1. The Balaban J connectivity index is 1.39. The third-order valence-electron chi connectivity index (χ3n) is 6.27. The minimum absolute atomic E-state index is 0.0368. The van der Waals surface area contributed by atoms with Gasteiger partial charge in [-0.1, -0.05) is 6.07 Å². The lowest BCUT2D eigenvalue weighted by Crippen LogP contribution is -2.27. The van der Waals surface area contributed by atoms with Gasteiger partial charge in [0.05, 0.1) is 17.6 Å². The van der Waals surface area contributed by atoms with E-state index in [0.717, 1.165) is 33.7 Å². The molecule has 0 spiro atoms. The van der Waals surface area contributed by atoms with Crippen molar-refractivity contribution in [2.75, 3.05) is 25.0 Å². The van der Waals surface area contributed by atoms with E-state index in [0.29, 0.717) is 30.2 Å². The van der Waals surface area contributed by atoms with Crippen LogP contribution in [-0.4, -0.2) is 57.0 Å². The van der Waals surface area contributed by atoms with E-state index >= 15 is 0 Å². The van der Waals surface area contributed by atoms with Crippen LogP contribution in [0, 0.1) is 0 Å². The Bertz CT molecular complexity index is 1450. The minimum Gasteiger partial charge on any atom is -0.294 e. The molecule has 1 aliphatic rings. The van der Waals surface area contributed by atoms with Crippen molar-refractivity contribution in [2.45, 2.75) is 25.1 Å². The number of pyridine rings is 2. The highest BCUT2D eigenvalue weighted by atomic mass is 19.4. The highest BCUT2D eigenvalue weighted by Crippen LogP contribution is 2.31. The number of halogens is 5. The second kappa shape index (κ2) is 9.18. The van der Waals surface area contributed by atoms with E-state index in [1.165, 1.54) is 7.05 Å². The number of fused-ring (bicyclic) bond motifs is 1. The van der Waals surface area contributed by atoms with Crippen LogP contribution < -0.4 is 4.90 Å². The van der Waals surface area contributed by atoms with Crippen molar-refractivity contribution in [3.8, 4) is 11.1 Å². The van der Waals surface area contributed by atoms with E-state index in [1.807, 2.05) is 12.1 Å². The standard InChI is InChI=1S/C25H21F5N6O/c1-35(21-5-3-18(12-32-21)25(28,29)30)23(37)22-19-9-16(2-4-20(19)33-34-22)17-8-15(10-31-11-17)13-36-7-6-24(26,27)14-36/h2-5,8-12H,6-7,13-14H2,1H3,(H,33,34). The molecule has 1 fully saturated rings. The zero-order chi connectivity index (χ0) is 26.4. The van der Waals surface area contributed by atoms with E-state index in [-0.39, 0.29) is 24.5 Å². The summed E-state index contributed by atoms with van der Waals surface area (Å²) in [5.74, 6) is -3.20. The average molecular weight is 516 g/mol. The lowest BCUT2D eigenvalue weighted by Gasteiger charge is -2.16. The van der Waals surface area contributed by atoms with Crippen LogP contribution >= 0.6 is 0 Å². The molecule has 1 aromatic carbocycles. The molecular weight excluding hydrogens is 495 g/mol. The van der Waals surface area contributed by atoms with Crippen LogP contribution in [0.15, 0.2) is 55.0 Å². The molecule has 1 saturated heterocycles. The van der Waals surface area contributed by atoms with Crippen LogP contribution in [0.2, 0.25) is 0 Å². The normalized spacial score (nSPS) is 15.8. The van der Waals surface area contributed by atoms with Crippen molar-refractivity contribution in [3.63, 3.8) is 0 Å². The number of H-pyrrole nitrogens is 1. The molecule has 1 aliphatic heterocycles. The highest BCUT2D eigenvalue weighted by Gasteiger charge is 2.38. The Morgan fingerprint density at radius 2 is 1.92 bits per heavy atom. The van der Waals surface area contributed by atoms with Gasteiger partial charge in [0.25, 0.3) is 11.8 Å². The van der Waals surface area contributed by atoms with Crippen molar-refractivity contribution in [1.82, 2.24) is 25.1 Å².